The molecule has 3 rings (SSSR count). The average Bonchev–Trinajstić information content (AvgIpc) is 3.01. The predicted molar refractivity (Wildman–Crippen MR) is 107 cm³/mol. The maximum atomic E-state index is 12.8. The van der Waals surface area contributed by atoms with Gasteiger partial charge in [-0.15, -0.1) is 0 Å². The first-order valence-corrected chi connectivity index (χ1v) is 9.64. The Hall–Kier alpha value is -2.33. The summed E-state index contributed by atoms with van der Waals surface area (Å²) in [5, 5.41) is 22.4. The summed E-state index contributed by atoms with van der Waals surface area (Å²) in [5.74, 6) is 1.33. The summed E-state index contributed by atoms with van der Waals surface area (Å²) in [6, 6.07) is 15.0. The Morgan fingerprint density at radius 2 is 1.78 bits per heavy atom. The molecule has 3 atom stereocenters. The van der Waals surface area contributed by atoms with Crippen molar-refractivity contribution in [2.45, 2.75) is 51.0 Å². The van der Waals surface area contributed by atoms with Gasteiger partial charge in [0, 0.05) is 6.42 Å². The van der Waals surface area contributed by atoms with Crippen LogP contribution in [0.5, 0.6) is 5.75 Å². The number of rotatable bonds is 6. The number of aliphatic hydroxyl groups is 1. The maximum absolute atomic E-state index is 12.8. The predicted octanol–water partition coefficient (Wildman–Crippen LogP) is 4.03. The highest BCUT2D eigenvalue weighted by molar-refractivity contribution is 5.78. The Balaban J connectivity index is 1.74. The molecule has 0 spiro atoms. The van der Waals surface area contributed by atoms with Gasteiger partial charge < -0.3 is 15.5 Å². The highest BCUT2D eigenvalue weighted by Gasteiger charge is 2.35. The second kappa shape index (κ2) is 7.73. The lowest BCUT2D eigenvalue weighted by atomic mass is 9.89. The van der Waals surface area contributed by atoms with Crippen LogP contribution in [0.3, 0.4) is 0 Å². The first-order chi connectivity index (χ1) is 12.8. The molecule has 1 amide bonds. The first-order valence-electron chi connectivity index (χ1n) is 9.64. The van der Waals surface area contributed by atoms with E-state index >= 15 is 0 Å². The number of nitrogens with one attached hydrogen (secondary N) is 1. The fraction of sp³-hybridized carbons (Fsp3) is 0.435. The summed E-state index contributed by atoms with van der Waals surface area (Å²) in [6.45, 7) is 6.06. The molecule has 0 aliphatic heterocycles. The van der Waals surface area contributed by atoms with Gasteiger partial charge >= 0.3 is 0 Å². The zero-order valence-corrected chi connectivity index (χ0v) is 16.3. The van der Waals surface area contributed by atoms with Gasteiger partial charge in [-0.1, -0.05) is 50.2 Å². The van der Waals surface area contributed by atoms with E-state index in [4.69, 9.17) is 0 Å². The monoisotopic (exact) mass is 367 g/mol. The van der Waals surface area contributed by atoms with Crippen LogP contribution in [0.25, 0.3) is 0 Å². The normalized spacial score (nSPS) is 20.9. The highest BCUT2D eigenvalue weighted by Crippen LogP contribution is 2.46. The highest BCUT2D eigenvalue weighted by atomic mass is 16.3. The molecule has 1 unspecified atom stereocenters. The van der Waals surface area contributed by atoms with E-state index in [9.17, 15) is 15.0 Å². The van der Waals surface area contributed by atoms with E-state index in [0.717, 1.165) is 12.0 Å². The van der Waals surface area contributed by atoms with Gasteiger partial charge in [0.2, 0.25) is 5.91 Å². The number of hydrogen-bond donors (Lipinski definition) is 3. The van der Waals surface area contributed by atoms with Crippen molar-refractivity contribution >= 4 is 5.91 Å². The summed E-state index contributed by atoms with van der Waals surface area (Å²) >= 11 is 0. The molecule has 0 aromatic heterocycles. The van der Waals surface area contributed by atoms with Crippen LogP contribution in [-0.2, 0) is 10.3 Å². The van der Waals surface area contributed by atoms with Crippen molar-refractivity contribution in [3.63, 3.8) is 0 Å². The number of benzene rings is 2. The molecule has 0 saturated heterocycles. The van der Waals surface area contributed by atoms with Crippen molar-refractivity contribution in [2.75, 3.05) is 6.61 Å². The minimum atomic E-state index is -0.875. The maximum Gasteiger partial charge on any atom is 0.221 e. The SMILES string of the molecule is CC(C)[C@@H]1C[C@H](CC(=O)NC(C)(CO)c2ccc(O)cc2)c2ccccc21. The summed E-state index contributed by atoms with van der Waals surface area (Å²) in [5.41, 5.74) is 2.54. The second-order valence-corrected chi connectivity index (χ2v) is 8.20. The van der Waals surface area contributed by atoms with E-state index in [1.54, 1.807) is 31.2 Å². The molecule has 4 heteroatoms. The number of amides is 1. The Labute approximate surface area is 161 Å². The Morgan fingerprint density at radius 1 is 1.15 bits per heavy atom. The molecule has 2 aromatic rings. The van der Waals surface area contributed by atoms with Gasteiger partial charge in [-0.25, -0.2) is 0 Å². The van der Waals surface area contributed by atoms with Crippen LogP contribution in [0.15, 0.2) is 48.5 Å². The van der Waals surface area contributed by atoms with Crippen LogP contribution in [0.1, 0.15) is 62.1 Å². The number of phenols is 1. The number of aliphatic hydroxyl groups excluding tert-OH is 1. The van der Waals surface area contributed by atoms with E-state index in [-0.39, 0.29) is 24.2 Å². The third kappa shape index (κ3) is 4.01. The molecular formula is C23H29NO3. The number of hydrogen-bond acceptors (Lipinski definition) is 3. The lowest BCUT2D eigenvalue weighted by molar-refractivity contribution is -0.124. The fourth-order valence-corrected chi connectivity index (χ4v) is 4.22. The smallest absolute Gasteiger partial charge is 0.221 e. The zero-order valence-electron chi connectivity index (χ0n) is 16.3. The number of carbonyl (C=O) groups excluding carboxylic acids is 1. The Morgan fingerprint density at radius 3 is 2.37 bits per heavy atom. The number of fused-ring (bicyclic) bond motifs is 1. The van der Waals surface area contributed by atoms with Crippen molar-refractivity contribution in [2.24, 2.45) is 5.92 Å². The molecule has 0 bridgehead atoms. The summed E-state index contributed by atoms with van der Waals surface area (Å²) in [7, 11) is 0. The largest absolute Gasteiger partial charge is 0.508 e. The summed E-state index contributed by atoms with van der Waals surface area (Å²) in [6.07, 6.45) is 1.40. The van der Waals surface area contributed by atoms with Gasteiger partial charge in [0.05, 0.1) is 12.1 Å². The molecule has 3 N–H and O–H groups in total. The molecule has 0 radical (unpaired) electrons. The number of phenolic OH excluding ortho intramolecular Hbond substituents is 1. The van der Waals surface area contributed by atoms with E-state index in [1.165, 1.54) is 11.1 Å². The van der Waals surface area contributed by atoms with Crippen LogP contribution >= 0.6 is 0 Å². The van der Waals surface area contributed by atoms with Gasteiger partial charge in [0.1, 0.15) is 5.75 Å². The summed E-state index contributed by atoms with van der Waals surface area (Å²) < 4.78 is 0. The van der Waals surface area contributed by atoms with Gasteiger partial charge in [0.25, 0.3) is 0 Å². The molecule has 1 aliphatic rings. The van der Waals surface area contributed by atoms with Crippen molar-refractivity contribution in [1.29, 1.82) is 0 Å². The molecule has 0 fully saturated rings. The van der Waals surface area contributed by atoms with Crippen molar-refractivity contribution in [3.8, 4) is 5.75 Å². The van der Waals surface area contributed by atoms with Gasteiger partial charge in [-0.05, 0) is 59.9 Å². The molecule has 4 nitrogen and oxygen atoms in total. The molecule has 0 heterocycles. The van der Waals surface area contributed by atoms with Gasteiger partial charge in [0.15, 0.2) is 0 Å². The van der Waals surface area contributed by atoms with Crippen molar-refractivity contribution in [1.82, 2.24) is 5.32 Å². The minimum Gasteiger partial charge on any atom is -0.508 e. The molecule has 144 valence electrons. The average molecular weight is 367 g/mol. The third-order valence-electron chi connectivity index (χ3n) is 5.85. The Bertz CT molecular complexity index is 800. The molecule has 1 aliphatic carbocycles. The minimum absolute atomic E-state index is 0.0659. The zero-order chi connectivity index (χ0) is 19.6. The van der Waals surface area contributed by atoms with Gasteiger partial charge in [-0.3, -0.25) is 4.79 Å². The first kappa shape index (κ1) is 19.4. The quantitative estimate of drug-likeness (QED) is 0.722. The van der Waals surface area contributed by atoms with Crippen LogP contribution in [0.4, 0.5) is 0 Å². The van der Waals surface area contributed by atoms with Crippen LogP contribution in [-0.4, -0.2) is 22.7 Å². The van der Waals surface area contributed by atoms with Crippen LogP contribution in [0.2, 0.25) is 0 Å². The van der Waals surface area contributed by atoms with E-state index in [2.05, 4.69) is 37.4 Å². The topological polar surface area (TPSA) is 69.6 Å². The lowest BCUT2D eigenvalue weighted by Crippen LogP contribution is -2.46. The number of carbonyl (C=O) groups is 1. The van der Waals surface area contributed by atoms with E-state index < -0.39 is 5.54 Å². The summed E-state index contributed by atoms with van der Waals surface area (Å²) in [4.78, 5) is 12.8. The standard InChI is InChI=1S/C23H29NO3/c1-15(2)21-12-16(19-6-4-5-7-20(19)21)13-22(27)24-23(3,14-25)17-8-10-18(26)11-9-17/h4-11,15-16,21,25-26H,12-14H2,1-3H3,(H,24,27)/t16-,21+,23?/m1/s1. The molecule has 2 aromatic carbocycles. The van der Waals surface area contributed by atoms with Crippen LogP contribution in [0, 0.1) is 5.92 Å². The molecule has 0 saturated carbocycles. The van der Waals surface area contributed by atoms with Crippen LogP contribution < -0.4 is 5.32 Å². The number of aromatic hydroxyl groups is 1. The lowest BCUT2D eigenvalue weighted by Gasteiger charge is -2.30. The third-order valence-corrected chi connectivity index (χ3v) is 5.85. The molecular weight excluding hydrogens is 338 g/mol. The Kier molecular flexibility index (Phi) is 5.56. The van der Waals surface area contributed by atoms with E-state index in [1.807, 2.05) is 6.07 Å². The van der Waals surface area contributed by atoms with E-state index in [0.29, 0.717) is 18.3 Å². The fourth-order valence-electron chi connectivity index (χ4n) is 4.22. The van der Waals surface area contributed by atoms with Crippen molar-refractivity contribution < 1.29 is 15.0 Å². The van der Waals surface area contributed by atoms with Crippen molar-refractivity contribution in [3.05, 3.63) is 65.2 Å². The second-order valence-electron chi connectivity index (χ2n) is 8.20. The van der Waals surface area contributed by atoms with Gasteiger partial charge in [-0.2, -0.15) is 0 Å². The molecule has 27 heavy (non-hydrogen) atoms.